The molecule has 1 aliphatic carbocycles. The fourth-order valence-corrected chi connectivity index (χ4v) is 4.01. The lowest BCUT2D eigenvalue weighted by Crippen LogP contribution is -2.50. The Kier molecular flexibility index (Phi) is 6.66. The van der Waals surface area contributed by atoms with Crippen molar-refractivity contribution in [2.24, 2.45) is 5.92 Å². The number of alkyl halides is 3. The summed E-state index contributed by atoms with van der Waals surface area (Å²) in [6.45, 7) is 7.15. The van der Waals surface area contributed by atoms with E-state index >= 15 is 0 Å². The van der Waals surface area contributed by atoms with Gasteiger partial charge in [-0.05, 0) is 46.1 Å². The van der Waals surface area contributed by atoms with E-state index < -0.39 is 23.4 Å². The van der Waals surface area contributed by atoms with E-state index in [0.29, 0.717) is 51.1 Å². The molecule has 2 heterocycles. The summed E-state index contributed by atoms with van der Waals surface area (Å²) in [5.74, 6) is -0.128. The van der Waals surface area contributed by atoms with Gasteiger partial charge in [0.05, 0.1) is 17.4 Å². The molecule has 1 saturated carbocycles. The normalized spacial score (nSPS) is 22.4. The van der Waals surface area contributed by atoms with Crippen molar-refractivity contribution in [3.8, 4) is 0 Å². The molecule has 1 aromatic rings. The first-order valence-electron chi connectivity index (χ1n) is 10.5. The Morgan fingerprint density at radius 3 is 2.39 bits per heavy atom. The van der Waals surface area contributed by atoms with Crippen LogP contribution in [0.1, 0.15) is 45.6 Å². The number of carbonyl (C=O) groups is 2. The summed E-state index contributed by atoms with van der Waals surface area (Å²) in [5, 5.41) is 2.83. The van der Waals surface area contributed by atoms with Crippen molar-refractivity contribution in [1.82, 2.24) is 15.2 Å². The number of hydrogen-bond acceptors (Lipinski definition) is 5. The number of nitrogens with zero attached hydrogens (tertiary/aromatic N) is 3. The van der Waals surface area contributed by atoms with Crippen molar-refractivity contribution in [1.29, 1.82) is 0 Å². The van der Waals surface area contributed by atoms with Crippen molar-refractivity contribution in [3.63, 3.8) is 0 Å². The third-order valence-electron chi connectivity index (χ3n) is 5.51. The lowest BCUT2D eigenvalue weighted by molar-refractivity contribution is -0.137. The van der Waals surface area contributed by atoms with Crippen LogP contribution in [0.2, 0.25) is 0 Å². The second kappa shape index (κ2) is 8.92. The predicted octanol–water partition coefficient (Wildman–Crippen LogP) is 3.44. The lowest BCUT2D eigenvalue weighted by atomic mass is 10.1. The largest absolute Gasteiger partial charge is 0.444 e. The van der Waals surface area contributed by atoms with Crippen LogP contribution in [0.5, 0.6) is 0 Å². The standard InChI is InChI=1S/C21H29F3N4O3/c1-20(2,3)31-19(30)26-16-5-4-14(10-16)18(29)28-8-6-27(7-9-28)17-11-15(12-25-13-17)21(22,23)24/h11-14,16H,4-10H2,1-3H3,(H,26,30). The first kappa shape index (κ1) is 23.1. The van der Waals surface area contributed by atoms with E-state index in [-0.39, 0.29) is 17.9 Å². The molecule has 2 aliphatic rings. The number of ether oxygens (including phenoxy) is 1. The molecule has 0 aromatic carbocycles. The van der Waals surface area contributed by atoms with E-state index in [0.717, 1.165) is 12.3 Å². The average Bonchev–Trinajstić information content (AvgIpc) is 3.14. The molecule has 3 rings (SSSR count). The third kappa shape index (κ3) is 6.24. The number of anilines is 1. The molecule has 1 aliphatic heterocycles. The lowest BCUT2D eigenvalue weighted by Gasteiger charge is -2.37. The average molecular weight is 442 g/mol. The van der Waals surface area contributed by atoms with Crippen LogP contribution < -0.4 is 10.2 Å². The smallest absolute Gasteiger partial charge is 0.417 e. The minimum Gasteiger partial charge on any atom is -0.444 e. The topological polar surface area (TPSA) is 74.8 Å². The van der Waals surface area contributed by atoms with Crippen molar-refractivity contribution in [3.05, 3.63) is 24.0 Å². The number of halogens is 3. The van der Waals surface area contributed by atoms with Gasteiger partial charge in [0.2, 0.25) is 5.91 Å². The van der Waals surface area contributed by atoms with Crippen molar-refractivity contribution < 1.29 is 27.5 Å². The Balaban J connectivity index is 1.49. The van der Waals surface area contributed by atoms with E-state index in [4.69, 9.17) is 4.74 Å². The maximum absolute atomic E-state index is 12.9. The predicted molar refractivity (Wildman–Crippen MR) is 109 cm³/mol. The van der Waals surface area contributed by atoms with Crippen molar-refractivity contribution in [2.75, 3.05) is 31.1 Å². The van der Waals surface area contributed by atoms with E-state index in [1.807, 2.05) is 4.90 Å². The third-order valence-corrected chi connectivity index (χ3v) is 5.51. The number of pyridine rings is 1. The minimum atomic E-state index is -4.44. The quantitative estimate of drug-likeness (QED) is 0.776. The fourth-order valence-electron chi connectivity index (χ4n) is 4.01. The number of carbonyl (C=O) groups excluding carboxylic acids is 2. The molecular weight excluding hydrogens is 413 g/mol. The first-order valence-corrected chi connectivity index (χ1v) is 10.5. The van der Waals surface area contributed by atoms with Crippen LogP contribution in [-0.4, -0.2) is 59.7 Å². The maximum Gasteiger partial charge on any atom is 0.417 e. The van der Waals surface area contributed by atoms with Gasteiger partial charge in [-0.3, -0.25) is 9.78 Å². The van der Waals surface area contributed by atoms with Gasteiger partial charge in [0.15, 0.2) is 0 Å². The Bertz CT molecular complexity index is 802. The van der Waals surface area contributed by atoms with Crippen LogP contribution in [-0.2, 0) is 15.7 Å². The molecule has 0 bridgehead atoms. The summed E-state index contributed by atoms with van der Waals surface area (Å²) < 4.78 is 44.0. The second-order valence-electron chi connectivity index (χ2n) is 9.10. The molecule has 2 fully saturated rings. The molecule has 1 N–H and O–H groups in total. The van der Waals surface area contributed by atoms with Crippen LogP contribution in [0.25, 0.3) is 0 Å². The first-order chi connectivity index (χ1) is 14.4. The highest BCUT2D eigenvalue weighted by Crippen LogP contribution is 2.32. The molecule has 2 atom stereocenters. The SMILES string of the molecule is CC(C)(C)OC(=O)NC1CCC(C(=O)N2CCN(c3cncc(C(F)(F)F)c3)CC2)C1. The van der Waals surface area contributed by atoms with Crippen molar-refractivity contribution >= 4 is 17.7 Å². The summed E-state index contributed by atoms with van der Waals surface area (Å²) in [6, 6.07) is 0.996. The Hall–Kier alpha value is -2.52. The summed E-state index contributed by atoms with van der Waals surface area (Å²) >= 11 is 0. The Morgan fingerprint density at radius 1 is 1.10 bits per heavy atom. The van der Waals surface area contributed by atoms with Crippen LogP contribution in [0.4, 0.5) is 23.7 Å². The van der Waals surface area contributed by atoms with Gasteiger partial charge in [0, 0.05) is 44.3 Å². The van der Waals surface area contributed by atoms with Crippen LogP contribution in [0.15, 0.2) is 18.5 Å². The van der Waals surface area contributed by atoms with Crippen LogP contribution in [0.3, 0.4) is 0 Å². The molecule has 1 aromatic heterocycles. The van der Waals surface area contributed by atoms with E-state index in [9.17, 15) is 22.8 Å². The number of nitrogens with one attached hydrogen (secondary N) is 1. The monoisotopic (exact) mass is 442 g/mol. The fraction of sp³-hybridized carbons (Fsp3) is 0.667. The number of aromatic nitrogens is 1. The van der Waals surface area contributed by atoms with Gasteiger partial charge in [-0.2, -0.15) is 13.2 Å². The van der Waals surface area contributed by atoms with Crippen molar-refractivity contribution in [2.45, 2.75) is 57.9 Å². The van der Waals surface area contributed by atoms with Gasteiger partial charge >= 0.3 is 12.3 Å². The summed E-state index contributed by atoms with van der Waals surface area (Å²) in [5.41, 5.74) is -0.949. The maximum atomic E-state index is 12.9. The molecule has 1 saturated heterocycles. The van der Waals surface area contributed by atoms with Gasteiger partial charge in [0.25, 0.3) is 0 Å². The number of amides is 2. The molecule has 10 heteroatoms. The minimum absolute atomic E-state index is 0.0373. The zero-order valence-corrected chi connectivity index (χ0v) is 18.0. The highest BCUT2D eigenvalue weighted by Gasteiger charge is 2.36. The highest BCUT2D eigenvalue weighted by atomic mass is 19.4. The van der Waals surface area contributed by atoms with Gasteiger partial charge in [-0.1, -0.05) is 0 Å². The van der Waals surface area contributed by atoms with Crippen LogP contribution in [0, 0.1) is 5.92 Å². The van der Waals surface area contributed by atoms with E-state index in [2.05, 4.69) is 10.3 Å². The van der Waals surface area contributed by atoms with Gasteiger partial charge in [-0.15, -0.1) is 0 Å². The molecule has 2 amide bonds. The summed E-state index contributed by atoms with van der Waals surface area (Å²) in [7, 11) is 0. The molecule has 2 unspecified atom stereocenters. The summed E-state index contributed by atoms with van der Waals surface area (Å²) in [4.78, 5) is 32.1. The van der Waals surface area contributed by atoms with Crippen LogP contribution >= 0.6 is 0 Å². The zero-order chi connectivity index (χ0) is 22.8. The van der Waals surface area contributed by atoms with E-state index in [1.165, 1.54) is 6.20 Å². The second-order valence-corrected chi connectivity index (χ2v) is 9.10. The Labute approximate surface area is 179 Å². The zero-order valence-electron chi connectivity index (χ0n) is 18.0. The molecule has 31 heavy (non-hydrogen) atoms. The summed E-state index contributed by atoms with van der Waals surface area (Å²) in [6.07, 6.45) is -0.721. The van der Waals surface area contributed by atoms with E-state index in [1.54, 1.807) is 25.7 Å². The number of hydrogen-bond donors (Lipinski definition) is 1. The Morgan fingerprint density at radius 2 is 1.77 bits per heavy atom. The van der Waals surface area contributed by atoms with Gasteiger partial charge in [-0.25, -0.2) is 4.79 Å². The molecular formula is C21H29F3N4O3. The van der Waals surface area contributed by atoms with Gasteiger partial charge < -0.3 is 19.9 Å². The molecule has 7 nitrogen and oxygen atoms in total. The number of rotatable bonds is 3. The molecule has 0 spiro atoms. The number of alkyl carbamates (subject to hydrolysis) is 1. The molecule has 0 radical (unpaired) electrons. The van der Waals surface area contributed by atoms with Gasteiger partial charge in [0.1, 0.15) is 5.60 Å². The number of piperazine rings is 1. The highest BCUT2D eigenvalue weighted by molar-refractivity contribution is 5.80. The molecule has 172 valence electrons.